The molecule has 1 aromatic heterocycles. The summed E-state index contributed by atoms with van der Waals surface area (Å²) < 4.78 is 0. The number of hydrogen-bond acceptors (Lipinski definition) is 2. The summed E-state index contributed by atoms with van der Waals surface area (Å²) in [6, 6.07) is 2.03. The molecule has 0 amide bonds. The number of nitrogens with zero attached hydrogens (tertiary/aromatic N) is 1. The van der Waals surface area contributed by atoms with Gasteiger partial charge in [-0.05, 0) is 30.9 Å². The molecular weight excluding hydrogens is 172 g/mol. The number of hydrogen-bond donors (Lipinski definition) is 1. The highest BCUT2D eigenvalue weighted by Gasteiger charge is 2.01. The molecule has 1 heterocycles. The van der Waals surface area contributed by atoms with Gasteiger partial charge in [0.15, 0.2) is 0 Å². The fourth-order valence-electron chi connectivity index (χ4n) is 1.53. The number of rotatable bonds is 5. The van der Waals surface area contributed by atoms with Crippen molar-refractivity contribution in [1.29, 1.82) is 0 Å². The molecule has 78 valence electrons. The van der Waals surface area contributed by atoms with Crippen molar-refractivity contribution >= 4 is 5.69 Å². The highest BCUT2D eigenvalue weighted by molar-refractivity contribution is 5.47. The van der Waals surface area contributed by atoms with Gasteiger partial charge in [0, 0.05) is 12.7 Å². The maximum Gasteiger partial charge on any atom is 0.0556 e. The minimum Gasteiger partial charge on any atom is -0.383 e. The number of anilines is 1. The van der Waals surface area contributed by atoms with E-state index in [1.54, 1.807) is 0 Å². The van der Waals surface area contributed by atoms with Crippen LogP contribution < -0.4 is 5.32 Å². The van der Waals surface area contributed by atoms with Crippen LogP contribution in [0.5, 0.6) is 0 Å². The normalized spacial score (nSPS) is 12.5. The summed E-state index contributed by atoms with van der Waals surface area (Å²) in [6.07, 6.45) is 6.27. The molecule has 0 radical (unpaired) electrons. The lowest BCUT2D eigenvalue weighted by atomic mass is 10.1. The Bertz CT molecular complexity index is 271. The standard InChI is InChI=1S/C12H20N2/c1-4-5-10(2)8-14-12-9-13-7-6-11(12)3/h6-7,9-10,14H,4-5,8H2,1-3H3/t10-/m0/s1. The van der Waals surface area contributed by atoms with Crippen molar-refractivity contribution in [2.75, 3.05) is 11.9 Å². The van der Waals surface area contributed by atoms with E-state index in [0.717, 1.165) is 18.2 Å². The van der Waals surface area contributed by atoms with Gasteiger partial charge in [-0.25, -0.2) is 0 Å². The molecule has 0 saturated heterocycles. The average molecular weight is 192 g/mol. The molecule has 14 heavy (non-hydrogen) atoms. The molecule has 2 heteroatoms. The maximum absolute atomic E-state index is 4.11. The molecule has 1 aromatic rings. The number of nitrogens with one attached hydrogen (secondary N) is 1. The zero-order valence-corrected chi connectivity index (χ0v) is 9.38. The smallest absolute Gasteiger partial charge is 0.0556 e. The Hall–Kier alpha value is -1.05. The summed E-state index contributed by atoms with van der Waals surface area (Å²) >= 11 is 0. The molecule has 1 atom stereocenters. The summed E-state index contributed by atoms with van der Waals surface area (Å²) in [4.78, 5) is 4.11. The lowest BCUT2D eigenvalue weighted by Crippen LogP contribution is -2.11. The second-order valence-corrected chi connectivity index (χ2v) is 3.97. The Morgan fingerprint density at radius 3 is 2.93 bits per heavy atom. The van der Waals surface area contributed by atoms with E-state index in [0.29, 0.717) is 0 Å². The molecule has 0 saturated carbocycles. The quantitative estimate of drug-likeness (QED) is 0.774. The van der Waals surface area contributed by atoms with Crippen molar-refractivity contribution in [3.8, 4) is 0 Å². The van der Waals surface area contributed by atoms with Gasteiger partial charge in [-0.3, -0.25) is 4.98 Å². The summed E-state index contributed by atoms with van der Waals surface area (Å²) in [7, 11) is 0. The SMILES string of the molecule is CCC[C@H](C)CNc1cnccc1C. The maximum atomic E-state index is 4.11. The molecule has 1 N–H and O–H groups in total. The summed E-state index contributed by atoms with van der Waals surface area (Å²) in [5, 5.41) is 3.44. The molecule has 0 aliphatic rings. The van der Waals surface area contributed by atoms with Gasteiger partial charge < -0.3 is 5.32 Å². The van der Waals surface area contributed by atoms with Crippen LogP contribution in [-0.2, 0) is 0 Å². The van der Waals surface area contributed by atoms with Crippen LogP contribution in [0.4, 0.5) is 5.69 Å². The predicted molar refractivity (Wildman–Crippen MR) is 61.5 cm³/mol. The Balaban J connectivity index is 2.41. The van der Waals surface area contributed by atoms with E-state index < -0.39 is 0 Å². The Morgan fingerprint density at radius 1 is 1.50 bits per heavy atom. The number of aryl methyl sites for hydroxylation is 1. The van der Waals surface area contributed by atoms with Crippen molar-refractivity contribution in [2.45, 2.75) is 33.6 Å². The second-order valence-electron chi connectivity index (χ2n) is 3.97. The van der Waals surface area contributed by atoms with E-state index in [2.05, 4.69) is 31.1 Å². The topological polar surface area (TPSA) is 24.9 Å². The lowest BCUT2D eigenvalue weighted by Gasteiger charge is -2.13. The van der Waals surface area contributed by atoms with Crippen LogP contribution in [-0.4, -0.2) is 11.5 Å². The molecule has 0 aromatic carbocycles. The van der Waals surface area contributed by atoms with Gasteiger partial charge in [0.2, 0.25) is 0 Å². The van der Waals surface area contributed by atoms with Gasteiger partial charge in [0.1, 0.15) is 0 Å². The van der Waals surface area contributed by atoms with Gasteiger partial charge >= 0.3 is 0 Å². The monoisotopic (exact) mass is 192 g/mol. The molecule has 2 nitrogen and oxygen atoms in total. The first-order valence-electron chi connectivity index (χ1n) is 5.38. The van der Waals surface area contributed by atoms with Crippen LogP contribution in [0.3, 0.4) is 0 Å². The second kappa shape index (κ2) is 5.63. The van der Waals surface area contributed by atoms with Crippen molar-refractivity contribution in [3.63, 3.8) is 0 Å². The van der Waals surface area contributed by atoms with E-state index in [9.17, 15) is 0 Å². The Labute approximate surface area is 86.8 Å². The van der Waals surface area contributed by atoms with Gasteiger partial charge in [0.25, 0.3) is 0 Å². The van der Waals surface area contributed by atoms with E-state index >= 15 is 0 Å². The van der Waals surface area contributed by atoms with Crippen LogP contribution in [0, 0.1) is 12.8 Å². The molecular formula is C12H20N2. The largest absolute Gasteiger partial charge is 0.383 e. The molecule has 0 aliphatic heterocycles. The zero-order chi connectivity index (χ0) is 10.4. The fraction of sp³-hybridized carbons (Fsp3) is 0.583. The minimum absolute atomic E-state index is 0.736. The third-order valence-electron chi connectivity index (χ3n) is 2.46. The third-order valence-corrected chi connectivity index (χ3v) is 2.46. The molecule has 0 unspecified atom stereocenters. The Kier molecular flexibility index (Phi) is 4.44. The number of pyridine rings is 1. The summed E-state index contributed by atoms with van der Waals surface area (Å²) in [6.45, 7) is 7.66. The fourth-order valence-corrected chi connectivity index (χ4v) is 1.53. The van der Waals surface area contributed by atoms with Crippen molar-refractivity contribution in [2.24, 2.45) is 5.92 Å². The van der Waals surface area contributed by atoms with Crippen molar-refractivity contribution < 1.29 is 0 Å². The highest BCUT2D eigenvalue weighted by Crippen LogP contribution is 2.13. The molecule has 0 fully saturated rings. The van der Waals surface area contributed by atoms with Crippen LogP contribution >= 0.6 is 0 Å². The summed E-state index contributed by atoms with van der Waals surface area (Å²) in [5.41, 5.74) is 2.43. The molecule has 0 bridgehead atoms. The predicted octanol–water partition coefficient (Wildman–Crippen LogP) is 3.24. The Morgan fingerprint density at radius 2 is 2.29 bits per heavy atom. The van der Waals surface area contributed by atoms with Crippen LogP contribution in [0.2, 0.25) is 0 Å². The zero-order valence-electron chi connectivity index (χ0n) is 9.38. The number of aromatic nitrogens is 1. The average Bonchev–Trinajstić information content (AvgIpc) is 2.17. The van der Waals surface area contributed by atoms with Crippen LogP contribution in [0.25, 0.3) is 0 Å². The first-order valence-corrected chi connectivity index (χ1v) is 5.38. The molecule has 0 spiro atoms. The van der Waals surface area contributed by atoms with Crippen LogP contribution in [0.15, 0.2) is 18.5 Å². The van der Waals surface area contributed by atoms with Gasteiger partial charge in [-0.1, -0.05) is 20.3 Å². The van der Waals surface area contributed by atoms with Crippen molar-refractivity contribution in [1.82, 2.24) is 4.98 Å². The van der Waals surface area contributed by atoms with Gasteiger partial charge in [-0.2, -0.15) is 0 Å². The van der Waals surface area contributed by atoms with Gasteiger partial charge in [-0.15, -0.1) is 0 Å². The van der Waals surface area contributed by atoms with E-state index in [-0.39, 0.29) is 0 Å². The van der Waals surface area contributed by atoms with E-state index in [4.69, 9.17) is 0 Å². The third kappa shape index (κ3) is 3.36. The first-order chi connectivity index (χ1) is 6.74. The van der Waals surface area contributed by atoms with Gasteiger partial charge in [0.05, 0.1) is 11.9 Å². The summed E-state index contributed by atoms with van der Waals surface area (Å²) in [5.74, 6) is 0.736. The lowest BCUT2D eigenvalue weighted by molar-refractivity contribution is 0.550. The van der Waals surface area contributed by atoms with E-state index in [1.807, 2.05) is 18.5 Å². The first kappa shape index (κ1) is 11.0. The van der Waals surface area contributed by atoms with Crippen LogP contribution in [0.1, 0.15) is 32.3 Å². The molecule has 0 aliphatic carbocycles. The minimum atomic E-state index is 0.736. The highest BCUT2D eigenvalue weighted by atomic mass is 14.9. The van der Waals surface area contributed by atoms with E-state index in [1.165, 1.54) is 18.4 Å². The van der Waals surface area contributed by atoms with Crippen molar-refractivity contribution in [3.05, 3.63) is 24.0 Å². The molecule has 1 rings (SSSR count).